The van der Waals surface area contributed by atoms with Gasteiger partial charge in [0.25, 0.3) is 0 Å². The Labute approximate surface area is 108 Å². The van der Waals surface area contributed by atoms with Gasteiger partial charge in [-0.15, -0.1) is 0 Å². The van der Waals surface area contributed by atoms with E-state index in [2.05, 4.69) is 15.9 Å². The van der Waals surface area contributed by atoms with Gasteiger partial charge in [-0.3, -0.25) is 4.79 Å². The van der Waals surface area contributed by atoms with Crippen LogP contribution < -0.4 is 0 Å². The molecule has 0 saturated heterocycles. The first kappa shape index (κ1) is 14.1. The van der Waals surface area contributed by atoms with Crippen LogP contribution in [-0.4, -0.2) is 19.7 Å². The number of halogens is 2. The summed E-state index contributed by atoms with van der Waals surface area (Å²) in [5.74, 6) is -0.606. The zero-order chi connectivity index (χ0) is 12.7. The van der Waals surface area contributed by atoms with Crippen molar-refractivity contribution in [2.24, 2.45) is 0 Å². The number of ether oxygens (including phenoxy) is 2. The number of carbonyl (C=O) groups is 1. The molecule has 0 unspecified atom stereocenters. The summed E-state index contributed by atoms with van der Waals surface area (Å²) in [4.78, 5) is 11.3. The van der Waals surface area contributed by atoms with Gasteiger partial charge in [-0.25, -0.2) is 4.39 Å². The van der Waals surface area contributed by atoms with Crippen molar-refractivity contribution >= 4 is 21.9 Å². The highest BCUT2D eigenvalue weighted by atomic mass is 79.9. The Bertz CT molecular complexity index is 382. The largest absolute Gasteiger partial charge is 0.461 e. The van der Waals surface area contributed by atoms with Gasteiger partial charge < -0.3 is 9.47 Å². The summed E-state index contributed by atoms with van der Waals surface area (Å²) in [5.41, 5.74) is 0.742. The monoisotopic (exact) mass is 304 g/mol. The predicted molar refractivity (Wildman–Crippen MR) is 65.0 cm³/mol. The maximum absolute atomic E-state index is 12.8. The van der Waals surface area contributed by atoms with Crippen molar-refractivity contribution in [1.82, 2.24) is 0 Å². The van der Waals surface area contributed by atoms with E-state index in [1.807, 2.05) is 0 Å². The predicted octanol–water partition coefficient (Wildman–Crippen LogP) is 3.06. The Kier molecular flexibility index (Phi) is 6.15. The summed E-state index contributed by atoms with van der Waals surface area (Å²) >= 11 is 3.21. The molecule has 0 N–H and O–H groups in total. The molecule has 0 atom stereocenters. The van der Waals surface area contributed by atoms with Crippen molar-refractivity contribution in [3.63, 3.8) is 0 Å². The van der Waals surface area contributed by atoms with Crippen LogP contribution in [0.5, 0.6) is 0 Å². The minimum atomic E-state index is -0.327. The van der Waals surface area contributed by atoms with Crippen LogP contribution >= 0.6 is 15.9 Å². The second-order valence-corrected chi connectivity index (χ2v) is 4.35. The van der Waals surface area contributed by atoms with Crippen LogP contribution in [0, 0.1) is 5.82 Å². The number of benzene rings is 1. The highest BCUT2D eigenvalue weighted by molar-refractivity contribution is 9.10. The molecule has 0 aliphatic heterocycles. The fourth-order valence-electron chi connectivity index (χ4n) is 1.23. The number of rotatable bonds is 6. The molecular weight excluding hydrogens is 291 g/mol. The number of hydrogen-bond acceptors (Lipinski definition) is 3. The van der Waals surface area contributed by atoms with Gasteiger partial charge in [0.15, 0.2) is 0 Å². The molecule has 17 heavy (non-hydrogen) atoms. The third-order valence-corrected chi connectivity index (χ3v) is 2.87. The van der Waals surface area contributed by atoms with E-state index in [4.69, 9.17) is 9.47 Å². The van der Waals surface area contributed by atoms with Gasteiger partial charge in [0.1, 0.15) is 12.4 Å². The average molecular weight is 305 g/mol. The molecule has 3 nitrogen and oxygen atoms in total. The SMILES string of the molecule is COCCCC(=O)OCc1ccc(F)cc1Br. The second-order valence-electron chi connectivity index (χ2n) is 3.49. The molecule has 0 amide bonds. The summed E-state index contributed by atoms with van der Waals surface area (Å²) in [7, 11) is 1.58. The molecule has 0 bridgehead atoms. The van der Waals surface area contributed by atoms with Gasteiger partial charge in [0.05, 0.1) is 0 Å². The van der Waals surface area contributed by atoms with Gasteiger partial charge in [0.2, 0.25) is 0 Å². The molecule has 94 valence electrons. The van der Waals surface area contributed by atoms with E-state index < -0.39 is 0 Å². The van der Waals surface area contributed by atoms with Crippen molar-refractivity contribution in [2.45, 2.75) is 19.4 Å². The number of hydrogen-bond donors (Lipinski definition) is 0. The van der Waals surface area contributed by atoms with E-state index >= 15 is 0 Å². The Morgan fingerprint density at radius 3 is 2.88 bits per heavy atom. The molecule has 1 rings (SSSR count). The van der Waals surface area contributed by atoms with Crippen molar-refractivity contribution in [3.8, 4) is 0 Å². The lowest BCUT2D eigenvalue weighted by atomic mass is 10.2. The molecule has 0 heterocycles. The normalized spacial score (nSPS) is 10.3. The quantitative estimate of drug-likeness (QED) is 0.598. The zero-order valence-corrected chi connectivity index (χ0v) is 11.1. The van der Waals surface area contributed by atoms with Gasteiger partial charge >= 0.3 is 5.97 Å². The van der Waals surface area contributed by atoms with Gasteiger partial charge in [-0.1, -0.05) is 22.0 Å². The molecule has 0 radical (unpaired) electrons. The minimum Gasteiger partial charge on any atom is -0.461 e. The molecular formula is C12H14BrFO3. The Balaban J connectivity index is 2.37. The first-order valence-corrected chi connectivity index (χ1v) is 6.01. The van der Waals surface area contributed by atoms with E-state index in [0.29, 0.717) is 23.9 Å². The molecule has 5 heteroatoms. The molecule has 1 aromatic carbocycles. The van der Waals surface area contributed by atoms with Crippen LogP contribution in [-0.2, 0) is 20.9 Å². The summed E-state index contributed by atoms with van der Waals surface area (Å²) in [6, 6.07) is 4.26. The lowest BCUT2D eigenvalue weighted by molar-refractivity contribution is -0.145. The molecule has 0 spiro atoms. The number of carbonyl (C=O) groups excluding carboxylic acids is 1. The van der Waals surface area contributed by atoms with Crippen LogP contribution in [0.15, 0.2) is 22.7 Å². The van der Waals surface area contributed by atoms with Crippen molar-refractivity contribution in [3.05, 3.63) is 34.1 Å². The minimum absolute atomic E-state index is 0.146. The maximum Gasteiger partial charge on any atom is 0.306 e. The molecule has 0 fully saturated rings. The van der Waals surface area contributed by atoms with Crippen molar-refractivity contribution in [2.75, 3.05) is 13.7 Å². The lowest BCUT2D eigenvalue weighted by Gasteiger charge is -2.06. The van der Waals surface area contributed by atoms with Crippen LogP contribution in [0.2, 0.25) is 0 Å². The first-order chi connectivity index (χ1) is 8.13. The van der Waals surface area contributed by atoms with Gasteiger partial charge in [-0.05, 0) is 18.6 Å². The van der Waals surface area contributed by atoms with Crippen LogP contribution in [0.1, 0.15) is 18.4 Å². The first-order valence-electron chi connectivity index (χ1n) is 5.22. The molecule has 0 aromatic heterocycles. The summed E-state index contributed by atoms with van der Waals surface area (Å²) in [6.07, 6.45) is 0.965. The second kappa shape index (κ2) is 7.40. The number of methoxy groups -OCH3 is 1. The summed E-state index contributed by atoms with van der Waals surface area (Å²) < 4.78 is 23.3. The van der Waals surface area contributed by atoms with Crippen molar-refractivity contribution < 1.29 is 18.7 Å². The Morgan fingerprint density at radius 2 is 2.24 bits per heavy atom. The van der Waals surface area contributed by atoms with E-state index in [1.54, 1.807) is 13.2 Å². The Hall–Kier alpha value is -0.940. The van der Waals surface area contributed by atoms with Crippen LogP contribution in [0.25, 0.3) is 0 Å². The van der Waals surface area contributed by atoms with Crippen LogP contribution in [0.4, 0.5) is 4.39 Å². The van der Waals surface area contributed by atoms with E-state index in [1.165, 1.54) is 12.1 Å². The lowest BCUT2D eigenvalue weighted by Crippen LogP contribution is -2.06. The molecule has 1 aromatic rings. The standard InChI is InChI=1S/C12H14BrFO3/c1-16-6-2-3-12(15)17-8-9-4-5-10(14)7-11(9)13/h4-5,7H,2-3,6,8H2,1H3. The molecule has 0 saturated carbocycles. The summed E-state index contributed by atoms with van der Waals surface area (Å²) in [5, 5.41) is 0. The van der Waals surface area contributed by atoms with Gasteiger partial charge in [0, 0.05) is 30.2 Å². The highest BCUT2D eigenvalue weighted by Crippen LogP contribution is 2.18. The third kappa shape index (κ3) is 5.28. The Morgan fingerprint density at radius 1 is 1.47 bits per heavy atom. The summed E-state index contributed by atoms with van der Waals surface area (Å²) in [6.45, 7) is 0.683. The third-order valence-electron chi connectivity index (χ3n) is 2.13. The molecule has 0 aliphatic rings. The average Bonchev–Trinajstić information content (AvgIpc) is 2.28. The zero-order valence-electron chi connectivity index (χ0n) is 9.54. The number of esters is 1. The molecule has 0 aliphatic carbocycles. The smallest absolute Gasteiger partial charge is 0.306 e. The maximum atomic E-state index is 12.8. The van der Waals surface area contributed by atoms with Gasteiger partial charge in [-0.2, -0.15) is 0 Å². The fourth-order valence-corrected chi connectivity index (χ4v) is 1.70. The van der Waals surface area contributed by atoms with E-state index in [0.717, 1.165) is 5.56 Å². The van der Waals surface area contributed by atoms with Crippen molar-refractivity contribution in [1.29, 1.82) is 0 Å². The van der Waals surface area contributed by atoms with E-state index in [-0.39, 0.29) is 18.4 Å². The van der Waals surface area contributed by atoms with Crippen LogP contribution in [0.3, 0.4) is 0 Å². The highest BCUT2D eigenvalue weighted by Gasteiger charge is 2.06. The van der Waals surface area contributed by atoms with E-state index in [9.17, 15) is 9.18 Å². The topological polar surface area (TPSA) is 35.5 Å². The fraction of sp³-hybridized carbons (Fsp3) is 0.417.